The van der Waals surface area contributed by atoms with Gasteiger partial charge >= 0.3 is 11.9 Å². The minimum atomic E-state index is -0.498. The molecule has 1 atom stereocenters. The molecule has 0 amide bonds. The molecule has 1 aromatic rings. The molecule has 0 saturated carbocycles. The molecule has 8 nitrogen and oxygen atoms in total. The lowest BCUT2D eigenvalue weighted by Crippen LogP contribution is -2.26. The predicted molar refractivity (Wildman–Crippen MR) is 69.6 cm³/mol. The zero-order chi connectivity index (χ0) is 15.4. The lowest BCUT2D eigenvalue weighted by molar-refractivity contribution is -0.141. The van der Waals surface area contributed by atoms with Crippen LogP contribution in [0, 0.1) is 0 Å². The van der Waals surface area contributed by atoms with Crippen molar-refractivity contribution < 1.29 is 28.5 Å². The minimum absolute atomic E-state index is 0.0783. The second kappa shape index (κ2) is 6.68. The van der Waals surface area contributed by atoms with Gasteiger partial charge in [-0.3, -0.25) is 9.48 Å². The van der Waals surface area contributed by atoms with E-state index in [9.17, 15) is 9.59 Å². The lowest BCUT2D eigenvalue weighted by atomic mass is 9.90. The molecule has 0 radical (unpaired) electrons. The number of nitrogens with zero attached hydrogens (tertiary/aromatic N) is 2. The summed E-state index contributed by atoms with van der Waals surface area (Å²) in [7, 11) is 2.82. The third kappa shape index (κ3) is 3.06. The molecule has 0 spiro atoms. The highest BCUT2D eigenvalue weighted by Gasteiger charge is 2.38. The summed E-state index contributed by atoms with van der Waals surface area (Å²) in [5.41, 5.74) is 1.67. The third-order valence-corrected chi connectivity index (χ3v) is 3.15. The molecule has 116 valence electrons. The second-order valence-corrected chi connectivity index (χ2v) is 4.43. The fourth-order valence-corrected chi connectivity index (χ4v) is 2.18. The van der Waals surface area contributed by atoms with Crippen LogP contribution in [0.2, 0.25) is 0 Å². The van der Waals surface area contributed by atoms with E-state index in [2.05, 4.69) is 9.84 Å². The van der Waals surface area contributed by atoms with E-state index in [1.54, 1.807) is 6.92 Å². The Morgan fingerprint density at radius 3 is 2.76 bits per heavy atom. The highest BCUT2D eigenvalue weighted by molar-refractivity contribution is 5.90. The molecule has 0 fully saturated rings. The van der Waals surface area contributed by atoms with Crippen LogP contribution in [-0.2, 0) is 36.7 Å². The van der Waals surface area contributed by atoms with Crippen molar-refractivity contribution in [3.05, 3.63) is 17.0 Å². The summed E-state index contributed by atoms with van der Waals surface area (Å²) in [6, 6.07) is 0. The highest BCUT2D eigenvalue weighted by Crippen LogP contribution is 2.38. The number of rotatable bonds is 7. The Labute approximate surface area is 121 Å². The van der Waals surface area contributed by atoms with Crippen LogP contribution in [0.25, 0.3) is 0 Å². The van der Waals surface area contributed by atoms with Crippen molar-refractivity contribution in [3.8, 4) is 0 Å². The average molecular weight is 298 g/mol. The van der Waals surface area contributed by atoms with Crippen LogP contribution in [0.5, 0.6) is 0 Å². The summed E-state index contributed by atoms with van der Waals surface area (Å²) in [6.45, 7) is 2.04. The fraction of sp³-hybridized carbons (Fsp3) is 0.615. The standard InChI is InChI=1S/C13H18N2O6/c1-4-20-13(17)11-8-5-9(21-7-18-2)12(8)15(14-11)6-10(16)19-3/h9H,4-7H2,1-3H3. The summed E-state index contributed by atoms with van der Waals surface area (Å²) < 4.78 is 21.4. The molecule has 0 aromatic carbocycles. The van der Waals surface area contributed by atoms with Crippen LogP contribution >= 0.6 is 0 Å². The van der Waals surface area contributed by atoms with Crippen LogP contribution in [0.15, 0.2) is 0 Å². The number of esters is 2. The maximum atomic E-state index is 11.9. The predicted octanol–water partition coefficient (Wildman–Crippen LogP) is 0.450. The van der Waals surface area contributed by atoms with Crippen molar-refractivity contribution >= 4 is 11.9 Å². The Morgan fingerprint density at radius 1 is 1.38 bits per heavy atom. The third-order valence-electron chi connectivity index (χ3n) is 3.15. The van der Waals surface area contributed by atoms with Gasteiger partial charge in [0.25, 0.3) is 0 Å². The van der Waals surface area contributed by atoms with Gasteiger partial charge < -0.3 is 18.9 Å². The quantitative estimate of drug-likeness (QED) is 0.533. The van der Waals surface area contributed by atoms with Crippen molar-refractivity contribution in [1.29, 1.82) is 0 Å². The Bertz CT molecular complexity index is 539. The van der Waals surface area contributed by atoms with Gasteiger partial charge in [0.2, 0.25) is 0 Å². The Kier molecular flexibility index (Phi) is 4.92. The minimum Gasteiger partial charge on any atom is -0.468 e. The molecule has 21 heavy (non-hydrogen) atoms. The van der Waals surface area contributed by atoms with Gasteiger partial charge in [0.15, 0.2) is 5.69 Å². The number of hydrogen-bond donors (Lipinski definition) is 0. The highest BCUT2D eigenvalue weighted by atomic mass is 16.7. The largest absolute Gasteiger partial charge is 0.468 e. The number of carbonyl (C=O) groups excluding carboxylic acids is 2. The summed E-state index contributed by atoms with van der Waals surface area (Å²) >= 11 is 0. The number of hydrogen-bond acceptors (Lipinski definition) is 7. The second-order valence-electron chi connectivity index (χ2n) is 4.43. The summed E-state index contributed by atoms with van der Waals surface area (Å²) in [5, 5.41) is 4.16. The van der Waals surface area contributed by atoms with E-state index >= 15 is 0 Å². The molecule has 1 unspecified atom stereocenters. The molecule has 1 heterocycles. The summed E-state index contributed by atoms with van der Waals surface area (Å²) in [6.07, 6.45) is 0.286. The molecular formula is C13H18N2O6. The van der Waals surface area contributed by atoms with Crippen LogP contribution < -0.4 is 0 Å². The van der Waals surface area contributed by atoms with E-state index in [0.717, 1.165) is 5.56 Å². The van der Waals surface area contributed by atoms with Crippen molar-refractivity contribution in [2.24, 2.45) is 0 Å². The summed E-state index contributed by atoms with van der Waals surface area (Å²) in [4.78, 5) is 23.3. The zero-order valence-electron chi connectivity index (χ0n) is 12.2. The number of carbonyl (C=O) groups is 2. The maximum absolute atomic E-state index is 11.9. The van der Waals surface area contributed by atoms with Crippen LogP contribution in [0.3, 0.4) is 0 Å². The number of aromatic nitrogens is 2. The Balaban J connectivity index is 2.25. The van der Waals surface area contributed by atoms with Gasteiger partial charge in [-0.1, -0.05) is 0 Å². The maximum Gasteiger partial charge on any atom is 0.359 e. The van der Waals surface area contributed by atoms with Crippen molar-refractivity contribution in [2.45, 2.75) is 26.0 Å². The SMILES string of the molecule is CCOC(=O)c1nn(CC(=O)OC)c2c1CC2OCOC. The number of fused-ring (bicyclic) bond motifs is 1. The molecule has 1 aliphatic rings. The first kappa shape index (κ1) is 15.5. The molecule has 0 N–H and O–H groups in total. The molecule has 1 aliphatic carbocycles. The molecular weight excluding hydrogens is 280 g/mol. The lowest BCUT2D eigenvalue weighted by Gasteiger charge is -2.27. The first-order valence-electron chi connectivity index (χ1n) is 6.56. The zero-order valence-corrected chi connectivity index (χ0v) is 12.2. The van der Waals surface area contributed by atoms with Gasteiger partial charge in [-0.05, 0) is 6.92 Å². The first-order chi connectivity index (χ1) is 10.1. The van der Waals surface area contributed by atoms with Crippen molar-refractivity contribution in [3.63, 3.8) is 0 Å². The van der Waals surface area contributed by atoms with Gasteiger partial charge in [0, 0.05) is 19.1 Å². The normalized spacial score (nSPS) is 16.0. The molecule has 0 bridgehead atoms. The number of methoxy groups -OCH3 is 2. The smallest absolute Gasteiger partial charge is 0.359 e. The van der Waals surface area contributed by atoms with E-state index in [4.69, 9.17) is 14.2 Å². The van der Waals surface area contributed by atoms with E-state index < -0.39 is 11.9 Å². The number of ether oxygens (including phenoxy) is 4. The van der Waals surface area contributed by atoms with Gasteiger partial charge in [-0.2, -0.15) is 5.10 Å². The Morgan fingerprint density at radius 2 is 2.14 bits per heavy atom. The topological polar surface area (TPSA) is 88.9 Å². The molecule has 0 aliphatic heterocycles. The van der Waals surface area contributed by atoms with Gasteiger partial charge in [0.05, 0.1) is 19.4 Å². The first-order valence-corrected chi connectivity index (χ1v) is 6.56. The van der Waals surface area contributed by atoms with Gasteiger partial charge in [-0.15, -0.1) is 0 Å². The van der Waals surface area contributed by atoms with E-state index in [0.29, 0.717) is 12.1 Å². The van der Waals surface area contributed by atoms with Gasteiger partial charge in [-0.25, -0.2) is 4.79 Å². The van der Waals surface area contributed by atoms with E-state index in [1.165, 1.54) is 18.9 Å². The summed E-state index contributed by atoms with van der Waals surface area (Å²) in [5.74, 6) is -0.948. The molecule has 8 heteroatoms. The molecule has 1 aromatic heterocycles. The van der Waals surface area contributed by atoms with Crippen LogP contribution in [0.4, 0.5) is 0 Å². The van der Waals surface area contributed by atoms with Crippen LogP contribution in [0.1, 0.15) is 34.8 Å². The molecule has 0 saturated heterocycles. The fourth-order valence-electron chi connectivity index (χ4n) is 2.18. The van der Waals surface area contributed by atoms with Crippen molar-refractivity contribution in [2.75, 3.05) is 27.6 Å². The van der Waals surface area contributed by atoms with E-state index in [-0.39, 0.29) is 31.7 Å². The Hall–Kier alpha value is -1.93. The van der Waals surface area contributed by atoms with E-state index in [1.807, 2.05) is 0 Å². The van der Waals surface area contributed by atoms with Crippen LogP contribution in [-0.4, -0.2) is 49.3 Å². The van der Waals surface area contributed by atoms with Gasteiger partial charge in [0.1, 0.15) is 19.4 Å². The van der Waals surface area contributed by atoms with Crippen molar-refractivity contribution in [1.82, 2.24) is 9.78 Å². The molecule has 2 rings (SSSR count). The monoisotopic (exact) mass is 298 g/mol. The average Bonchev–Trinajstić information content (AvgIpc) is 2.71.